The van der Waals surface area contributed by atoms with E-state index in [2.05, 4.69) is 10.4 Å². The molecule has 2 rings (SSSR count). The van der Waals surface area contributed by atoms with E-state index in [1.54, 1.807) is 24.4 Å². The van der Waals surface area contributed by atoms with Gasteiger partial charge in [0.2, 0.25) is 10.0 Å². The molecule has 6 nitrogen and oxygen atoms in total. The van der Waals surface area contributed by atoms with Crippen LogP contribution < -0.4 is 5.32 Å². The summed E-state index contributed by atoms with van der Waals surface area (Å²) in [4.78, 5) is 0.279. The molecular weight excluding hydrogens is 288 g/mol. The minimum Gasteiger partial charge on any atom is -0.381 e. The summed E-state index contributed by atoms with van der Waals surface area (Å²) >= 11 is 0. The van der Waals surface area contributed by atoms with Crippen LogP contribution in [0.15, 0.2) is 41.6 Å². The smallest absolute Gasteiger partial charge is 0.242 e. The molecule has 0 aliphatic heterocycles. The van der Waals surface area contributed by atoms with E-state index in [0.29, 0.717) is 6.54 Å². The van der Waals surface area contributed by atoms with Gasteiger partial charge < -0.3 is 5.32 Å². The van der Waals surface area contributed by atoms with Crippen LogP contribution in [-0.2, 0) is 23.1 Å². The minimum atomic E-state index is -3.41. The summed E-state index contributed by atoms with van der Waals surface area (Å²) in [6.45, 7) is 3.46. The number of nitrogens with zero attached hydrogens (tertiary/aromatic N) is 3. The summed E-state index contributed by atoms with van der Waals surface area (Å²) in [7, 11) is -0.361. The van der Waals surface area contributed by atoms with Crippen molar-refractivity contribution in [3.05, 3.63) is 42.2 Å². The van der Waals surface area contributed by atoms with Crippen LogP contribution in [0.1, 0.15) is 12.5 Å². The predicted molar refractivity (Wildman–Crippen MR) is 82.5 cm³/mol. The SMILES string of the molecule is CCn1cc(CNc2cccc(S(=O)(=O)N(C)C)c2)cn1. The van der Waals surface area contributed by atoms with Crippen LogP contribution >= 0.6 is 0 Å². The number of aromatic nitrogens is 2. The molecule has 0 atom stereocenters. The van der Waals surface area contributed by atoms with Crippen molar-refractivity contribution in [1.82, 2.24) is 14.1 Å². The van der Waals surface area contributed by atoms with Crippen molar-refractivity contribution >= 4 is 15.7 Å². The minimum absolute atomic E-state index is 0.279. The highest BCUT2D eigenvalue weighted by atomic mass is 32.2. The predicted octanol–water partition coefficient (Wildman–Crippen LogP) is 1.77. The van der Waals surface area contributed by atoms with E-state index >= 15 is 0 Å². The molecule has 0 radical (unpaired) electrons. The Morgan fingerprint density at radius 3 is 2.71 bits per heavy atom. The van der Waals surface area contributed by atoms with Crippen molar-refractivity contribution in [2.45, 2.75) is 24.9 Å². The van der Waals surface area contributed by atoms with Gasteiger partial charge in [-0.1, -0.05) is 6.07 Å². The van der Waals surface area contributed by atoms with Crippen LogP contribution in [0, 0.1) is 0 Å². The highest BCUT2D eigenvalue weighted by Crippen LogP contribution is 2.18. The summed E-state index contributed by atoms with van der Waals surface area (Å²) in [5, 5.41) is 7.41. The Bertz CT molecular complexity index is 707. The van der Waals surface area contributed by atoms with E-state index in [1.807, 2.05) is 23.9 Å². The number of hydrogen-bond donors (Lipinski definition) is 1. The largest absolute Gasteiger partial charge is 0.381 e. The number of aryl methyl sites for hydroxylation is 1. The van der Waals surface area contributed by atoms with Gasteiger partial charge in [0.25, 0.3) is 0 Å². The summed E-state index contributed by atoms with van der Waals surface area (Å²) < 4.78 is 27.2. The fourth-order valence-electron chi connectivity index (χ4n) is 1.85. The van der Waals surface area contributed by atoms with Gasteiger partial charge in [-0.2, -0.15) is 5.10 Å². The number of sulfonamides is 1. The van der Waals surface area contributed by atoms with Crippen LogP contribution in [0.3, 0.4) is 0 Å². The summed E-state index contributed by atoms with van der Waals surface area (Å²) in [5.41, 5.74) is 1.82. The van der Waals surface area contributed by atoms with Gasteiger partial charge >= 0.3 is 0 Å². The summed E-state index contributed by atoms with van der Waals surface area (Å²) in [6, 6.07) is 6.81. The second-order valence-electron chi connectivity index (χ2n) is 4.87. The number of rotatable bonds is 6. The molecule has 1 aromatic heterocycles. The molecule has 0 fully saturated rings. The number of nitrogens with one attached hydrogen (secondary N) is 1. The molecular formula is C14H20N4O2S. The first-order valence-corrected chi connectivity index (χ1v) is 8.15. The molecule has 0 saturated carbocycles. The third-order valence-corrected chi connectivity index (χ3v) is 4.93. The van der Waals surface area contributed by atoms with Gasteiger partial charge in [0.05, 0.1) is 11.1 Å². The van der Waals surface area contributed by atoms with E-state index in [0.717, 1.165) is 17.8 Å². The standard InChI is InChI=1S/C14H20N4O2S/c1-4-18-11-12(10-16-18)9-15-13-6-5-7-14(8-13)21(19,20)17(2)3/h5-8,10-11,15H,4,9H2,1-3H3. The highest BCUT2D eigenvalue weighted by Gasteiger charge is 2.17. The van der Waals surface area contributed by atoms with Crippen LogP contribution in [0.5, 0.6) is 0 Å². The normalized spacial score (nSPS) is 11.8. The molecule has 0 unspecified atom stereocenters. The molecule has 21 heavy (non-hydrogen) atoms. The van der Waals surface area contributed by atoms with Crippen molar-refractivity contribution in [1.29, 1.82) is 0 Å². The Morgan fingerprint density at radius 1 is 1.33 bits per heavy atom. The summed E-state index contributed by atoms with van der Waals surface area (Å²) in [5.74, 6) is 0. The fourth-order valence-corrected chi connectivity index (χ4v) is 2.80. The molecule has 0 spiro atoms. The Hall–Kier alpha value is -1.86. The molecule has 1 aromatic carbocycles. The van der Waals surface area contributed by atoms with Gasteiger partial charge in [-0.25, -0.2) is 12.7 Å². The highest BCUT2D eigenvalue weighted by molar-refractivity contribution is 7.89. The lowest BCUT2D eigenvalue weighted by atomic mass is 10.3. The maximum atomic E-state index is 12.1. The van der Waals surface area contributed by atoms with Crippen LogP contribution in [0.2, 0.25) is 0 Å². The number of hydrogen-bond acceptors (Lipinski definition) is 4. The zero-order valence-electron chi connectivity index (χ0n) is 12.4. The van der Waals surface area contributed by atoms with Crippen molar-refractivity contribution in [2.24, 2.45) is 0 Å². The molecule has 7 heteroatoms. The third kappa shape index (κ3) is 3.62. The van der Waals surface area contributed by atoms with E-state index in [-0.39, 0.29) is 4.90 Å². The lowest BCUT2D eigenvalue weighted by molar-refractivity contribution is 0.521. The van der Waals surface area contributed by atoms with Gasteiger partial charge in [0.15, 0.2) is 0 Å². The molecule has 2 aromatic rings. The second-order valence-corrected chi connectivity index (χ2v) is 7.02. The van der Waals surface area contributed by atoms with Crippen molar-refractivity contribution < 1.29 is 8.42 Å². The average Bonchev–Trinajstić information content (AvgIpc) is 2.93. The Labute approximate surface area is 125 Å². The molecule has 0 saturated heterocycles. The van der Waals surface area contributed by atoms with Crippen molar-refractivity contribution in [2.75, 3.05) is 19.4 Å². The fraction of sp³-hybridized carbons (Fsp3) is 0.357. The first-order chi connectivity index (χ1) is 9.93. The average molecular weight is 308 g/mol. The monoisotopic (exact) mass is 308 g/mol. The van der Waals surface area contributed by atoms with E-state index in [1.165, 1.54) is 18.4 Å². The molecule has 1 heterocycles. The Morgan fingerprint density at radius 2 is 2.10 bits per heavy atom. The lowest BCUT2D eigenvalue weighted by Gasteiger charge is -2.12. The van der Waals surface area contributed by atoms with Crippen molar-refractivity contribution in [3.63, 3.8) is 0 Å². The van der Waals surface area contributed by atoms with E-state index in [4.69, 9.17) is 0 Å². The molecule has 0 aliphatic carbocycles. The Balaban J connectivity index is 2.11. The van der Waals surface area contributed by atoms with Crippen molar-refractivity contribution in [3.8, 4) is 0 Å². The van der Waals surface area contributed by atoms with Gasteiger partial charge in [0.1, 0.15) is 0 Å². The summed E-state index contributed by atoms with van der Waals surface area (Å²) in [6.07, 6.45) is 3.77. The molecule has 0 amide bonds. The topological polar surface area (TPSA) is 67.2 Å². The molecule has 0 bridgehead atoms. The zero-order valence-corrected chi connectivity index (χ0v) is 13.3. The maximum absolute atomic E-state index is 12.1. The maximum Gasteiger partial charge on any atom is 0.242 e. The van der Waals surface area contributed by atoms with Crippen LogP contribution in [-0.4, -0.2) is 36.6 Å². The first-order valence-electron chi connectivity index (χ1n) is 6.71. The van der Waals surface area contributed by atoms with Gasteiger partial charge in [-0.3, -0.25) is 4.68 Å². The number of anilines is 1. The van der Waals surface area contributed by atoms with Gasteiger partial charge in [-0.05, 0) is 25.1 Å². The zero-order chi connectivity index (χ0) is 15.5. The first kappa shape index (κ1) is 15.5. The van der Waals surface area contributed by atoms with E-state index < -0.39 is 10.0 Å². The third-order valence-electron chi connectivity index (χ3n) is 3.12. The van der Waals surface area contributed by atoms with E-state index in [9.17, 15) is 8.42 Å². The molecule has 0 aliphatic rings. The molecule has 114 valence electrons. The lowest BCUT2D eigenvalue weighted by Crippen LogP contribution is -2.22. The van der Waals surface area contributed by atoms with Gasteiger partial charge in [-0.15, -0.1) is 0 Å². The van der Waals surface area contributed by atoms with Crippen LogP contribution in [0.25, 0.3) is 0 Å². The Kier molecular flexibility index (Phi) is 4.64. The van der Waals surface area contributed by atoms with Crippen LogP contribution in [0.4, 0.5) is 5.69 Å². The number of benzene rings is 1. The molecule has 1 N–H and O–H groups in total. The second kappa shape index (κ2) is 6.28. The quantitative estimate of drug-likeness (QED) is 0.883. The van der Waals surface area contributed by atoms with Gasteiger partial charge in [0, 0.05) is 44.6 Å².